The lowest BCUT2D eigenvalue weighted by molar-refractivity contribution is 0.0112. The van der Waals surface area contributed by atoms with E-state index in [0.29, 0.717) is 19.2 Å². The molecule has 0 bridgehead atoms. The number of benzene rings is 2. The molecule has 0 fully saturated rings. The second kappa shape index (κ2) is 9.54. The number of aryl methyl sites for hydroxylation is 1. The van der Waals surface area contributed by atoms with Crippen molar-refractivity contribution in [1.82, 2.24) is 14.8 Å². The van der Waals surface area contributed by atoms with Gasteiger partial charge in [-0.3, -0.25) is 0 Å². The Morgan fingerprint density at radius 2 is 1.83 bits per heavy atom. The molecule has 154 valence electrons. The maximum absolute atomic E-state index is 9.99. The van der Waals surface area contributed by atoms with Gasteiger partial charge in [0, 0.05) is 17.8 Å². The minimum absolute atomic E-state index is 0.103. The minimum Gasteiger partial charge on any atom is -0.466 e. The number of aliphatic hydroxyl groups excluding tert-OH is 1. The molecule has 1 aromatic heterocycles. The molecule has 1 atom stereocenters. The Morgan fingerprint density at radius 3 is 2.48 bits per heavy atom. The van der Waals surface area contributed by atoms with Crippen LogP contribution in [0, 0.1) is 6.92 Å². The van der Waals surface area contributed by atoms with Crippen LogP contribution in [0.1, 0.15) is 19.4 Å². The standard InChI is InChI=1S/C22H28N4O3/c1-15(2)29-14-19(27)13-23-17-9-11-18(12-10-17)26-21(24-22(25-26)28-4)20-8-6-5-7-16(20)3/h5-12,15,19,23,27H,13-14H2,1-4H3. The Bertz CT molecular complexity index is 922. The first kappa shape index (κ1) is 20.8. The first-order chi connectivity index (χ1) is 14.0. The Morgan fingerprint density at radius 1 is 1.10 bits per heavy atom. The molecule has 0 aliphatic rings. The molecule has 0 spiro atoms. The second-order valence-electron chi connectivity index (χ2n) is 7.11. The van der Waals surface area contributed by atoms with Crippen molar-refractivity contribution in [3.63, 3.8) is 0 Å². The summed E-state index contributed by atoms with van der Waals surface area (Å²) in [6.07, 6.45) is -0.463. The molecule has 0 amide bonds. The number of anilines is 1. The molecule has 2 N–H and O–H groups in total. The number of aromatic nitrogens is 3. The van der Waals surface area contributed by atoms with Gasteiger partial charge in [-0.2, -0.15) is 4.98 Å². The number of nitrogens with one attached hydrogen (secondary N) is 1. The summed E-state index contributed by atoms with van der Waals surface area (Å²) in [6.45, 7) is 6.66. The van der Waals surface area contributed by atoms with Crippen LogP contribution in [0.4, 0.5) is 5.69 Å². The van der Waals surface area contributed by atoms with E-state index in [1.165, 1.54) is 0 Å². The van der Waals surface area contributed by atoms with Crippen LogP contribution < -0.4 is 10.1 Å². The number of ether oxygens (including phenoxy) is 2. The average molecular weight is 396 g/mol. The predicted molar refractivity (Wildman–Crippen MR) is 114 cm³/mol. The molecule has 0 saturated heterocycles. The topological polar surface area (TPSA) is 81.4 Å². The molecule has 0 aliphatic carbocycles. The zero-order valence-electron chi connectivity index (χ0n) is 17.3. The summed E-state index contributed by atoms with van der Waals surface area (Å²) >= 11 is 0. The molecule has 7 heteroatoms. The van der Waals surface area contributed by atoms with Crippen LogP contribution in [0.15, 0.2) is 48.5 Å². The third kappa shape index (κ3) is 5.34. The first-order valence-corrected chi connectivity index (χ1v) is 9.69. The van der Waals surface area contributed by atoms with E-state index < -0.39 is 6.10 Å². The highest BCUT2D eigenvalue weighted by atomic mass is 16.5. The van der Waals surface area contributed by atoms with Gasteiger partial charge in [0.05, 0.1) is 31.6 Å². The van der Waals surface area contributed by atoms with Crippen LogP contribution in [-0.4, -0.2) is 52.3 Å². The Kier molecular flexibility index (Phi) is 6.85. The van der Waals surface area contributed by atoms with Crippen molar-refractivity contribution < 1.29 is 14.6 Å². The largest absolute Gasteiger partial charge is 0.466 e. The van der Waals surface area contributed by atoms with Crippen molar-refractivity contribution in [2.24, 2.45) is 0 Å². The molecule has 3 rings (SSSR count). The first-order valence-electron chi connectivity index (χ1n) is 9.69. The summed E-state index contributed by atoms with van der Waals surface area (Å²) in [7, 11) is 1.56. The smallest absolute Gasteiger partial charge is 0.336 e. The fourth-order valence-electron chi connectivity index (χ4n) is 2.88. The molecule has 2 aromatic carbocycles. The van der Waals surface area contributed by atoms with E-state index >= 15 is 0 Å². The lowest BCUT2D eigenvalue weighted by atomic mass is 10.1. The van der Waals surface area contributed by atoms with E-state index in [4.69, 9.17) is 9.47 Å². The normalized spacial score (nSPS) is 12.2. The third-order valence-corrected chi connectivity index (χ3v) is 4.43. The summed E-state index contributed by atoms with van der Waals surface area (Å²) in [6, 6.07) is 16.2. The van der Waals surface area contributed by atoms with Crippen molar-refractivity contribution >= 4 is 5.69 Å². The van der Waals surface area contributed by atoms with Gasteiger partial charge in [0.15, 0.2) is 5.82 Å². The van der Waals surface area contributed by atoms with Gasteiger partial charge in [0.25, 0.3) is 0 Å². The maximum atomic E-state index is 9.99. The van der Waals surface area contributed by atoms with Gasteiger partial charge in [-0.1, -0.05) is 24.3 Å². The van der Waals surface area contributed by atoms with Crippen molar-refractivity contribution in [2.75, 3.05) is 25.6 Å². The molecule has 1 heterocycles. The van der Waals surface area contributed by atoms with Gasteiger partial charge in [-0.25, -0.2) is 4.68 Å². The quantitative estimate of drug-likeness (QED) is 0.577. The number of methoxy groups -OCH3 is 1. The van der Waals surface area contributed by atoms with Gasteiger partial charge in [-0.15, -0.1) is 5.10 Å². The molecule has 7 nitrogen and oxygen atoms in total. The number of aliphatic hydroxyl groups is 1. The Balaban J connectivity index is 1.76. The molecular formula is C22H28N4O3. The molecule has 0 saturated carbocycles. The highest BCUT2D eigenvalue weighted by Gasteiger charge is 2.15. The maximum Gasteiger partial charge on any atom is 0.336 e. The fourth-order valence-corrected chi connectivity index (χ4v) is 2.88. The number of nitrogens with zero attached hydrogens (tertiary/aromatic N) is 3. The monoisotopic (exact) mass is 396 g/mol. The SMILES string of the molecule is COc1nc(-c2ccccc2C)n(-c2ccc(NCC(O)COC(C)C)cc2)n1. The lowest BCUT2D eigenvalue weighted by Gasteiger charge is -2.15. The summed E-state index contributed by atoms with van der Waals surface area (Å²) in [4.78, 5) is 4.52. The van der Waals surface area contributed by atoms with E-state index in [0.717, 1.165) is 28.3 Å². The van der Waals surface area contributed by atoms with E-state index in [1.807, 2.05) is 69.3 Å². The van der Waals surface area contributed by atoms with Crippen LogP contribution in [0.25, 0.3) is 17.1 Å². The Hall–Kier alpha value is -2.90. The van der Waals surface area contributed by atoms with Gasteiger partial charge < -0.3 is 19.9 Å². The highest BCUT2D eigenvalue weighted by Crippen LogP contribution is 2.26. The number of hydrogen-bond acceptors (Lipinski definition) is 6. The molecule has 3 aromatic rings. The van der Waals surface area contributed by atoms with Gasteiger partial charge >= 0.3 is 6.01 Å². The molecule has 1 unspecified atom stereocenters. The van der Waals surface area contributed by atoms with E-state index in [9.17, 15) is 5.11 Å². The van der Waals surface area contributed by atoms with Crippen molar-refractivity contribution in [3.05, 3.63) is 54.1 Å². The summed E-state index contributed by atoms with van der Waals surface area (Å²) in [5, 5.41) is 17.7. The van der Waals surface area contributed by atoms with Crippen LogP contribution in [-0.2, 0) is 4.74 Å². The summed E-state index contributed by atoms with van der Waals surface area (Å²) in [5.41, 5.74) is 3.88. The summed E-state index contributed by atoms with van der Waals surface area (Å²) in [5.74, 6) is 0.724. The van der Waals surface area contributed by atoms with Crippen molar-refractivity contribution in [2.45, 2.75) is 33.0 Å². The van der Waals surface area contributed by atoms with Gasteiger partial charge in [0.1, 0.15) is 0 Å². The van der Waals surface area contributed by atoms with E-state index in [2.05, 4.69) is 15.4 Å². The van der Waals surface area contributed by atoms with Gasteiger partial charge in [0.2, 0.25) is 0 Å². The lowest BCUT2D eigenvalue weighted by Crippen LogP contribution is -2.26. The van der Waals surface area contributed by atoms with Crippen LogP contribution in [0.5, 0.6) is 6.01 Å². The Labute approximate surface area is 171 Å². The third-order valence-electron chi connectivity index (χ3n) is 4.43. The van der Waals surface area contributed by atoms with Crippen LogP contribution in [0.3, 0.4) is 0 Å². The number of hydrogen-bond donors (Lipinski definition) is 2. The molecule has 0 aliphatic heterocycles. The van der Waals surface area contributed by atoms with Crippen molar-refractivity contribution in [3.8, 4) is 23.1 Å². The van der Waals surface area contributed by atoms with Crippen LogP contribution in [0.2, 0.25) is 0 Å². The van der Waals surface area contributed by atoms with Gasteiger partial charge in [-0.05, 0) is 50.6 Å². The predicted octanol–water partition coefficient (Wildman–Crippen LogP) is 3.45. The zero-order valence-corrected chi connectivity index (χ0v) is 17.3. The zero-order chi connectivity index (χ0) is 20.8. The van der Waals surface area contributed by atoms with Crippen LogP contribution >= 0.6 is 0 Å². The second-order valence-corrected chi connectivity index (χ2v) is 7.11. The average Bonchev–Trinajstić information content (AvgIpc) is 3.15. The van der Waals surface area contributed by atoms with E-state index in [1.54, 1.807) is 11.8 Å². The minimum atomic E-state index is -0.565. The number of rotatable bonds is 9. The molecule has 29 heavy (non-hydrogen) atoms. The van der Waals surface area contributed by atoms with Crippen molar-refractivity contribution in [1.29, 1.82) is 0 Å². The molecule has 0 radical (unpaired) electrons. The fraction of sp³-hybridized carbons (Fsp3) is 0.364. The van der Waals surface area contributed by atoms with E-state index in [-0.39, 0.29) is 6.10 Å². The molecular weight excluding hydrogens is 368 g/mol. The highest BCUT2D eigenvalue weighted by molar-refractivity contribution is 5.63. The summed E-state index contributed by atoms with van der Waals surface area (Å²) < 4.78 is 12.5.